The number of benzene rings is 2. The summed E-state index contributed by atoms with van der Waals surface area (Å²) in [5, 5.41) is 13.1. The smallest absolute Gasteiger partial charge is 0.312 e. The van der Waals surface area contributed by atoms with Gasteiger partial charge in [-0.1, -0.05) is 17.7 Å². The Balaban J connectivity index is 1.66. The molecule has 0 aliphatic carbocycles. The number of hydrogen-bond acceptors (Lipinski definition) is 6. The Morgan fingerprint density at radius 3 is 2.27 bits per heavy atom. The summed E-state index contributed by atoms with van der Waals surface area (Å²) < 4.78 is 10.4. The van der Waals surface area contributed by atoms with E-state index >= 15 is 0 Å². The predicted molar refractivity (Wildman–Crippen MR) is 93.0 cm³/mol. The molecule has 0 aliphatic rings. The lowest BCUT2D eigenvalue weighted by molar-refractivity contribution is -0.384. The van der Waals surface area contributed by atoms with Gasteiger partial charge in [0.25, 0.3) is 11.6 Å². The summed E-state index contributed by atoms with van der Waals surface area (Å²) in [5.41, 5.74) is 0.999. The first-order valence-corrected chi connectivity index (χ1v) is 7.85. The molecule has 0 radical (unpaired) electrons. The Labute approximate surface area is 149 Å². The first kappa shape index (κ1) is 18.9. The Kier molecular flexibility index (Phi) is 6.67. The second kappa shape index (κ2) is 9.16. The molecule has 1 N–H and O–H groups in total. The summed E-state index contributed by atoms with van der Waals surface area (Å²) in [6, 6.07) is 12.4. The van der Waals surface area contributed by atoms with Gasteiger partial charge in [0.1, 0.15) is 11.5 Å². The van der Waals surface area contributed by atoms with Crippen molar-refractivity contribution in [2.24, 2.45) is 0 Å². The maximum Gasteiger partial charge on any atom is 0.312 e. The molecule has 0 unspecified atom stereocenters. The van der Waals surface area contributed by atoms with Crippen LogP contribution in [0.3, 0.4) is 0 Å². The Bertz CT molecular complexity index is 771. The van der Waals surface area contributed by atoms with Gasteiger partial charge in [0.2, 0.25) is 0 Å². The third-order valence-corrected chi connectivity index (χ3v) is 3.32. The van der Waals surface area contributed by atoms with Crippen LogP contribution < -0.4 is 14.8 Å². The van der Waals surface area contributed by atoms with Crippen LogP contribution in [0, 0.1) is 17.0 Å². The van der Waals surface area contributed by atoms with Gasteiger partial charge in [0.15, 0.2) is 6.61 Å². The molecule has 0 saturated carbocycles. The van der Waals surface area contributed by atoms with Crippen molar-refractivity contribution in [1.29, 1.82) is 0 Å². The summed E-state index contributed by atoms with van der Waals surface area (Å²) in [5.74, 6) is -0.120. The summed E-state index contributed by atoms with van der Waals surface area (Å²) in [6.45, 7) is 1.90. The molecule has 136 valence electrons. The highest BCUT2D eigenvalue weighted by Crippen LogP contribution is 2.17. The number of nitro groups is 1. The van der Waals surface area contributed by atoms with Crippen LogP contribution in [-0.4, -0.2) is 30.0 Å². The molecule has 0 saturated heterocycles. The van der Waals surface area contributed by atoms with E-state index < -0.39 is 10.9 Å². The zero-order chi connectivity index (χ0) is 18.9. The third-order valence-electron chi connectivity index (χ3n) is 3.32. The topological polar surface area (TPSA) is 108 Å². The van der Waals surface area contributed by atoms with E-state index in [2.05, 4.69) is 5.32 Å². The van der Waals surface area contributed by atoms with E-state index in [1.165, 1.54) is 24.3 Å². The molecule has 0 spiro atoms. The number of hydrogen-bond donors (Lipinski definition) is 1. The van der Waals surface area contributed by atoms with Crippen LogP contribution in [0.25, 0.3) is 0 Å². The van der Waals surface area contributed by atoms with Gasteiger partial charge in [-0.15, -0.1) is 0 Å². The number of aryl methyl sites for hydroxylation is 1. The van der Waals surface area contributed by atoms with Crippen molar-refractivity contribution in [2.75, 3.05) is 13.2 Å². The van der Waals surface area contributed by atoms with Crippen molar-refractivity contribution in [2.45, 2.75) is 13.3 Å². The van der Waals surface area contributed by atoms with E-state index in [0.29, 0.717) is 5.75 Å². The number of nitro benzene ring substituents is 1. The van der Waals surface area contributed by atoms with E-state index in [0.717, 1.165) is 5.56 Å². The molecule has 0 aliphatic heterocycles. The average molecular weight is 358 g/mol. The van der Waals surface area contributed by atoms with Crippen LogP contribution >= 0.6 is 0 Å². The van der Waals surface area contributed by atoms with Crippen molar-refractivity contribution in [1.82, 2.24) is 5.32 Å². The fraction of sp³-hybridized carbons (Fsp3) is 0.222. The van der Waals surface area contributed by atoms with Crippen molar-refractivity contribution < 1.29 is 24.0 Å². The van der Waals surface area contributed by atoms with E-state index in [1.807, 2.05) is 19.1 Å². The fourth-order valence-corrected chi connectivity index (χ4v) is 1.96. The van der Waals surface area contributed by atoms with Crippen LogP contribution in [0.15, 0.2) is 48.5 Å². The van der Waals surface area contributed by atoms with Crippen LogP contribution in [0.5, 0.6) is 11.5 Å². The fourth-order valence-electron chi connectivity index (χ4n) is 1.96. The normalized spacial score (nSPS) is 10.0. The van der Waals surface area contributed by atoms with Crippen molar-refractivity contribution in [3.63, 3.8) is 0 Å². The minimum Gasteiger partial charge on any atom is -0.484 e. The van der Waals surface area contributed by atoms with Gasteiger partial charge in [0, 0.05) is 18.7 Å². The first-order chi connectivity index (χ1) is 12.4. The standard InChI is InChI=1S/C18H18N2O6/c1-13-2-6-15(7-3-13)25-12-17(21)19-11-10-18(22)26-16-8-4-14(5-9-16)20(23)24/h2-9H,10-12H2,1H3,(H,19,21). The summed E-state index contributed by atoms with van der Waals surface area (Å²) >= 11 is 0. The molecule has 8 heteroatoms. The quantitative estimate of drug-likeness (QED) is 0.336. The van der Waals surface area contributed by atoms with E-state index in [-0.39, 0.29) is 36.9 Å². The molecule has 0 bridgehead atoms. The molecule has 0 atom stereocenters. The number of nitrogens with zero attached hydrogens (tertiary/aromatic N) is 1. The molecule has 0 fully saturated rings. The predicted octanol–water partition coefficient (Wildman–Crippen LogP) is 2.39. The Hall–Kier alpha value is -3.42. The zero-order valence-corrected chi connectivity index (χ0v) is 14.1. The summed E-state index contributed by atoms with van der Waals surface area (Å²) in [4.78, 5) is 33.4. The number of rotatable bonds is 8. The van der Waals surface area contributed by atoms with Gasteiger partial charge in [-0.25, -0.2) is 0 Å². The second-order valence-electron chi connectivity index (χ2n) is 5.43. The van der Waals surface area contributed by atoms with Gasteiger partial charge in [-0.2, -0.15) is 0 Å². The average Bonchev–Trinajstić information content (AvgIpc) is 2.61. The summed E-state index contributed by atoms with van der Waals surface area (Å²) in [6.07, 6.45) is -0.0345. The van der Waals surface area contributed by atoms with Crippen LogP contribution in [0.1, 0.15) is 12.0 Å². The van der Waals surface area contributed by atoms with Crippen molar-refractivity contribution in [3.8, 4) is 11.5 Å². The zero-order valence-electron chi connectivity index (χ0n) is 14.1. The molecule has 0 aromatic heterocycles. The number of amides is 1. The van der Waals surface area contributed by atoms with Crippen LogP contribution in [-0.2, 0) is 9.59 Å². The Morgan fingerprint density at radius 1 is 1.04 bits per heavy atom. The molecular weight excluding hydrogens is 340 g/mol. The molecule has 0 heterocycles. The number of nitrogens with one attached hydrogen (secondary N) is 1. The number of ether oxygens (including phenoxy) is 2. The molecular formula is C18H18N2O6. The number of carbonyl (C=O) groups excluding carboxylic acids is 2. The lowest BCUT2D eigenvalue weighted by Crippen LogP contribution is -2.31. The Morgan fingerprint density at radius 2 is 1.65 bits per heavy atom. The summed E-state index contributed by atoms with van der Waals surface area (Å²) in [7, 11) is 0. The molecule has 26 heavy (non-hydrogen) atoms. The minimum atomic E-state index is -0.557. The van der Waals surface area contributed by atoms with Gasteiger partial charge in [-0.3, -0.25) is 19.7 Å². The van der Waals surface area contributed by atoms with Crippen LogP contribution in [0.2, 0.25) is 0 Å². The lowest BCUT2D eigenvalue weighted by Gasteiger charge is -2.08. The van der Waals surface area contributed by atoms with Crippen molar-refractivity contribution >= 4 is 17.6 Å². The second-order valence-corrected chi connectivity index (χ2v) is 5.43. The SMILES string of the molecule is Cc1ccc(OCC(=O)NCCC(=O)Oc2ccc([N+](=O)[O-])cc2)cc1. The highest BCUT2D eigenvalue weighted by atomic mass is 16.6. The maximum absolute atomic E-state index is 11.7. The largest absolute Gasteiger partial charge is 0.484 e. The van der Waals surface area contributed by atoms with Crippen molar-refractivity contribution in [3.05, 3.63) is 64.2 Å². The molecule has 2 rings (SSSR count). The monoisotopic (exact) mass is 358 g/mol. The minimum absolute atomic E-state index is 0.0345. The molecule has 8 nitrogen and oxygen atoms in total. The highest BCUT2D eigenvalue weighted by Gasteiger charge is 2.09. The van der Waals surface area contributed by atoms with E-state index in [9.17, 15) is 19.7 Å². The molecule has 1 amide bonds. The maximum atomic E-state index is 11.7. The number of non-ortho nitro benzene ring substituents is 1. The van der Waals surface area contributed by atoms with E-state index in [1.54, 1.807) is 12.1 Å². The number of carbonyl (C=O) groups is 2. The lowest BCUT2D eigenvalue weighted by atomic mass is 10.2. The van der Waals surface area contributed by atoms with Gasteiger partial charge in [-0.05, 0) is 31.2 Å². The highest BCUT2D eigenvalue weighted by molar-refractivity contribution is 5.78. The van der Waals surface area contributed by atoms with Gasteiger partial charge in [0.05, 0.1) is 11.3 Å². The third kappa shape index (κ3) is 6.23. The first-order valence-electron chi connectivity index (χ1n) is 7.85. The van der Waals surface area contributed by atoms with Gasteiger partial charge >= 0.3 is 5.97 Å². The van der Waals surface area contributed by atoms with Gasteiger partial charge < -0.3 is 14.8 Å². The number of esters is 1. The van der Waals surface area contributed by atoms with E-state index in [4.69, 9.17) is 9.47 Å². The molecule has 2 aromatic rings. The molecule has 2 aromatic carbocycles. The van der Waals surface area contributed by atoms with Crippen LogP contribution in [0.4, 0.5) is 5.69 Å².